The summed E-state index contributed by atoms with van der Waals surface area (Å²) in [7, 11) is -0.507. The highest BCUT2D eigenvalue weighted by molar-refractivity contribution is 7.89. The minimum Gasteiger partial charge on any atom is -0.494 e. The van der Waals surface area contributed by atoms with E-state index in [1.165, 1.54) is 18.4 Å². The normalized spacial score (nSPS) is 11.7. The topological polar surface area (TPSA) is 93.5 Å². The molecule has 0 fully saturated rings. The summed E-state index contributed by atoms with van der Waals surface area (Å²) in [6, 6.07) is 12.2. The van der Waals surface area contributed by atoms with Crippen molar-refractivity contribution in [2.45, 2.75) is 31.2 Å². The zero-order valence-corrected chi connectivity index (χ0v) is 18.1. The van der Waals surface area contributed by atoms with Crippen molar-refractivity contribution >= 4 is 32.7 Å². The summed E-state index contributed by atoms with van der Waals surface area (Å²) in [6.07, 6.45) is 2.66. The van der Waals surface area contributed by atoms with E-state index < -0.39 is 10.0 Å². The van der Waals surface area contributed by atoms with Crippen molar-refractivity contribution in [3.05, 3.63) is 48.8 Å². The number of anilines is 1. The molecule has 3 rings (SSSR count). The number of nitrogens with one attached hydrogen (secondary N) is 1. The van der Waals surface area contributed by atoms with E-state index in [1.54, 1.807) is 24.5 Å². The third-order valence-corrected chi connectivity index (χ3v) is 6.43. The number of rotatable bonds is 9. The lowest BCUT2D eigenvalue weighted by Gasteiger charge is -2.11. The van der Waals surface area contributed by atoms with Gasteiger partial charge in [-0.2, -0.15) is 0 Å². The molecule has 0 radical (unpaired) electrons. The van der Waals surface area contributed by atoms with Crippen molar-refractivity contribution in [3.63, 3.8) is 0 Å². The first-order valence-corrected chi connectivity index (χ1v) is 11.2. The van der Waals surface area contributed by atoms with Gasteiger partial charge in [-0.15, -0.1) is 0 Å². The van der Waals surface area contributed by atoms with E-state index in [9.17, 15) is 13.2 Å². The number of imidazole rings is 1. The lowest BCUT2D eigenvalue weighted by atomic mass is 10.2. The van der Waals surface area contributed by atoms with E-state index in [1.807, 2.05) is 35.8 Å². The molecular weight excluding hydrogens is 404 g/mol. The van der Waals surface area contributed by atoms with Crippen LogP contribution in [-0.4, -0.2) is 48.9 Å². The molecule has 160 valence electrons. The number of hydrogen-bond acceptors (Lipinski definition) is 5. The highest BCUT2D eigenvalue weighted by Crippen LogP contribution is 2.21. The van der Waals surface area contributed by atoms with Crippen molar-refractivity contribution in [2.24, 2.45) is 0 Å². The van der Waals surface area contributed by atoms with Gasteiger partial charge in [0, 0.05) is 32.7 Å². The molecule has 0 aliphatic rings. The molecule has 3 aromatic rings. The monoisotopic (exact) mass is 430 g/mol. The first kappa shape index (κ1) is 21.8. The van der Waals surface area contributed by atoms with Crippen LogP contribution in [0.15, 0.2) is 53.7 Å². The number of amides is 1. The molecule has 8 nitrogen and oxygen atoms in total. The van der Waals surface area contributed by atoms with Gasteiger partial charge in [0.2, 0.25) is 15.9 Å². The molecule has 1 N–H and O–H groups in total. The fourth-order valence-electron chi connectivity index (χ4n) is 3.03. The fraction of sp³-hybridized carbons (Fsp3) is 0.333. The first-order chi connectivity index (χ1) is 14.3. The second-order valence-electron chi connectivity index (χ2n) is 6.99. The number of carbonyl (C=O) groups is 1. The Labute approximate surface area is 176 Å². The van der Waals surface area contributed by atoms with Gasteiger partial charge in [-0.3, -0.25) is 4.79 Å². The van der Waals surface area contributed by atoms with Crippen LogP contribution in [0.3, 0.4) is 0 Å². The predicted molar refractivity (Wildman–Crippen MR) is 116 cm³/mol. The summed E-state index contributed by atoms with van der Waals surface area (Å²) < 4.78 is 33.0. The van der Waals surface area contributed by atoms with Gasteiger partial charge in [-0.1, -0.05) is 0 Å². The Hall–Kier alpha value is -2.91. The number of fused-ring (bicyclic) bond motifs is 1. The van der Waals surface area contributed by atoms with E-state index in [4.69, 9.17) is 4.74 Å². The van der Waals surface area contributed by atoms with Crippen molar-refractivity contribution < 1.29 is 17.9 Å². The Bertz CT molecular complexity index is 1120. The number of sulfonamides is 1. The van der Waals surface area contributed by atoms with Crippen molar-refractivity contribution in [1.82, 2.24) is 13.9 Å². The Morgan fingerprint density at radius 2 is 1.90 bits per heavy atom. The minimum absolute atomic E-state index is 0.0667. The smallest absolute Gasteiger partial charge is 0.242 e. The second kappa shape index (κ2) is 9.27. The molecule has 0 saturated carbocycles. The van der Waals surface area contributed by atoms with Gasteiger partial charge in [-0.25, -0.2) is 17.7 Å². The Kier molecular flexibility index (Phi) is 6.73. The maximum absolute atomic E-state index is 12.3. The number of carbonyl (C=O) groups excluding carboxylic acids is 1. The molecule has 0 aliphatic carbocycles. The van der Waals surface area contributed by atoms with Crippen LogP contribution in [-0.2, 0) is 21.4 Å². The van der Waals surface area contributed by atoms with Crippen molar-refractivity contribution in [3.8, 4) is 5.75 Å². The van der Waals surface area contributed by atoms with E-state index in [-0.39, 0.29) is 10.8 Å². The summed E-state index contributed by atoms with van der Waals surface area (Å²) in [4.78, 5) is 16.7. The fourth-order valence-corrected chi connectivity index (χ4v) is 3.95. The van der Waals surface area contributed by atoms with Gasteiger partial charge in [0.1, 0.15) is 5.75 Å². The third kappa shape index (κ3) is 4.98. The summed E-state index contributed by atoms with van der Waals surface area (Å²) in [5, 5.41) is 2.87. The molecule has 1 amide bonds. The maximum atomic E-state index is 12.3. The molecular formula is C21H26N4O4S. The van der Waals surface area contributed by atoms with Gasteiger partial charge in [0.05, 0.1) is 28.9 Å². The maximum Gasteiger partial charge on any atom is 0.242 e. The molecule has 0 saturated heterocycles. The lowest BCUT2D eigenvalue weighted by molar-refractivity contribution is -0.116. The predicted octanol–water partition coefficient (Wildman–Crippen LogP) is 3.10. The van der Waals surface area contributed by atoms with Crippen LogP contribution in [0.25, 0.3) is 11.0 Å². The number of nitrogens with zero attached hydrogens (tertiary/aromatic N) is 3. The van der Waals surface area contributed by atoms with Crippen molar-refractivity contribution in [1.29, 1.82) is 0 Å². The van der Waals surface area contributed by atoms with Crippen LogP contribution in [0.1, 0.15) is 19.8 Å². The molecule has 1 aromatic heterocycles. The Morgan fingerprint density at radius 1 is 1.17 bits per heavy atom. The van der Waals surface area contributed by atoms with E-state index in [2.05, 4.69) is 10.3 Å². The van der Waals surface area contributed by atoms with Gasteiger partial charge < -0.3 is 14.6 Å². The summed E-state index contributed by atoms with van der Waals surface area (Å²) in [6.45, 7) is 3.12. The molecule has 30 heavy (non-hydrogen) atoms. The number of benzene rings is 2. The highest BCUT2D eigenvalue weighted by atomic mass is 32.2. The van der Waals surface area contributed by atoms with Crippen LogP contribution >= 0.6 is 0 Å². The van der Waals surface area contributed by atoms with Gasteiger partial charge >= 0.3 is 0 Å². The molecule has 0 spiro atoms. The van der Waals surface area contributed by atoms with E-state index >= 15 is 0 Å². The Balaban J connectivity index is 1.57. The lowest BCUT2D eigenvalue weighted by Crippen LogP contribution is -2.22. The standard InChI is InChI=1S/C21H26N4O4S/c1-4-29-17-9-7-16(8-10-17)23-21(26)6-5-13-25-15-22-19-14-18(11-12-20(19)25)30(27,28)24(2)3/h7-12,14-15H,4-6,13H2,1-3H3,(H,23,26). The largest absolute Gasteiger partial charge is 0.494 e. The molecule has 0 bridgehead atoms. The summed E-state index contributed by atoms with van der Waals surface area (Å²) in [5.41, 5.74) is 2.17. The minimum atomic E-state index is -3.50. The zero-order valence-electron chi connectivity index (χ0n) is 17.3. The number of ether oxygens (including phenoxy) is 1. The van der Waals surface area contributed by atoms with Gasteiger partial charge in [0.25, 0.3) is 0 Å². The number of hydrogen-bond donors (Lipinski definition) is 1. The van der Waals surface area contributed by atoms with Gasteiger partial charge in [0.15, 0.2) is 0 Å². The second-order valence-corrected chi connectivity index (χ2v) is 9.14. The molecule has 0 atom stereocenters. The summed E-state index contributed by atoms with van der Waals surface area (Å²) >= 11 is 0. The average molecular weight is 431 g/mol. The SMILES string of the molecule is CCOc1ccc(NC(=O)CCCn2cnc3cc(S(=O)(=O)N(C)C)ccc32)cc1. The van der Waals surface area contributed by atoms with Gasteiger partial charge in [-0.05, 0) is 55.8 Å². The van der Waals surface area contributed by atoms with Crippen LogP contribution in [0, 0.1) is 0 Å². The average Bonchev–Trinajstić information content (AvgIpc) is 3.12. The highest BCUT2D eigenvalue weighted by Gasteiger charge is 2.18. The molecule has 0 aliphatic heterocycles. The van der Waals surface area contributed by atoms with E-state index in [0.29, 0.717) is 31.5 Å². The number of aryl methyl sites for hydroxylation is 1. The van der Waals surface area contributed by atoms with Crippen LogP contribution in [0.5, 0.6) is 5.75 Å². The molecule has 2 aromatic carbocycles. The Morgan fingerprint density at radius 3 is 2.57 bits per heavy atom. The molecule has 1 heterocycles. The third-order valence-electron chi connectivity index (χ3n) is 4.62. The van der Waals surface area contributed by atoms with Crippen LogP contribution in [0.4, 0.5) is 5.69 Å². The van der Waals surface area contributed by atoms with E-state index in [0.717, 1.165) is 17.0 Å². The number of aromatic nitrogens is 2. The van der Waals surface area contributed by atoms with Crippen LogP contribution < -0.4 is 10.1 Å². The molecule has 0 unspecified atom stereocenters. The van der Waals surface area contributed by atoms with Crippen molar-refractivity contribution in [2.75, 3.05) is 26.0 Å². The summed E-state index contributed by atoms with van der Waals surface area (Å²) in [5.74, 6) is 0.701. The quantitative estimate of drug-likeness (QED) is 0.563. The zero-order chi connectivity index (χ0) is 21.7. The first-order valence-electron chi connectivity index (χ1n) is 9.71. The molecule has 9 heteroatoms. The van der Waals surface area contributed by atoms with Crippen LogP contribution in [0.2, 0.25) is 0 Å².